The van der Waals surface area contributed by atoms with Crippen LogP contribution in [0.2, 0.25) is 0 Å². The Labute approximate surface area is 133 Å². The Balaban J connectivity index is 1.52. The molecule has 8 nitrogen and oxygen atoms in total. The molecule has 0 aliphatic carbocycles. The summed E-state index contributed by atoms with van der Waals surface area (Å²) in [4.78, 5) is 8.81. The van der Waals surface area contributed by atoms with Gasteiger partial charge < -0.3 is 14.4 Å². The van der Waals surface area contributed by atoms with Gasteiger partial charge in [-0.25, -0.2) is 4.98 Å². The second-order valence-corrected chi connectivity index (χ2v) is 5.57. The first-order chi connectivity index (χ1) is 11.3. The molecule has 0 fully saturated rings. The van der Waals surface area contributed by atoms with Gasteiger partial charge in [-0.1, -0.05) is 12.1 Å². The molecule has 3 aromatic heterocycles. The van der Waals surface area contributed by atoms with Crippen molar-refractivity contribution in [3.63, 3.8) is 0 Å². The summed E-state index contributed by atoms with van der Waals surface area (Å²) in [5.74, 6) is 2.29. The smallest absolute Gasteiger partial charge is 0.226 e. The lowest BCUT2D eigenvalue weighted by Crippen LogP contribution is -2.28. The van der Waals surface area contributed by atoms with Crippen molar-refractivity contribution in [3.8, 4) is 11.5 Å². The summed E-state index contributed by atoms with van der Waals surface area (Å²) in [6.07, 6.45) is 5.24. The number of hydrogen-bond acceptors (Lipinski definition) is 6. The summed E-state index contributed by atoms with van der Waals surface area (Å²) in [7, 11) is 0. The first-order valence-corrected chi connectivity index (χ1v) is 7.94. The Morgan fingerprint density at radius 1 is 1.39 bits per heavy atom. The predicted octanol–water partition coefficient (Wildman–Crippen LogP) is 1.04. The lowest BCUT2D eigenvalue weighted by Gasteiger charge is -2.13. The number of nitrogens with zero attached hydrogens (tertiary/aromatic N) is 6. The maximum Gasteiger partial charge on any atom is 0.226 e. The molecule has 1 N–H and O–H groups in total. The average molecular weight is 313 g/mol. The zero-order valence-corrected chi connectivity index (χ0v) is 13.1. The van der Waals surface area contributed by atoms with E-state index in [0.29, 0.717) is 12.3 Å². The fourth-order valence-corrected chi connectivity index (χ4v) is 2.78. The van der Waals surface area contributed by atoms with E-state index in [-0.39, 0.29) is 0 Å². The summed E-state index contributed by atoms with van der Waals surface area (Å²) >= 11 is 0. The van der Waals surface area contributed by atoms with Crippen molar-refractivity contribution >= 4 is 0 Å². The van der Waals surface area contributed by atoms with Crippen LogP contribution < -0.4 is 5.32 Å². The van der Waals surface area contributed by atoms with Crippen molar-refractivity contribution in [2.24, 2.45) is 0 Å². The van der Waals surface area contributed by atoms with E-state index in [4.69, 9.17) is 4.52 Å². The minimum absolute atomic E-state index is 0.681. The molecule has 120 valence electrons. The highest BCUT2D eigenvalue weighted by molar-refractivity contribution is 5.50. The van der Waals surface area contributed by atoms with E-state index in [1.807, 2.05) is 13.1 Å². The van der Waals surface area contributed by atoms with Gasteiger partial charge in [-0.3, -0.25) is 4.68 Å². The summed E-state index contributed by atoms with van der Waals surface area (Å²) in [5.41, 5.74) is 2.11. The van der Waals surface area contributed by atoms with Gasteiger partial charge in [0.2, 0.25) is 5.89 Å². The van der Waals surface area contributed by atoms with Gasteiger partial charge in [0, 0.05) is 44.9 Å². The minimum Gasteiger partial charge on any atom is -0.339 e. The van der Waals surface area contributed by atoms with Crippen LogP contribution in [0.4, 0.5) is 0 Å². The maximum atomic E-state index is 5.15. The lowest BCUT2D eigenvalue weighted by atomic mass is 10.3. The number of aryl methyl sites for hydroxylation is 3. The Morgan fingerprint density at radius 2 is 2.35 bits per heavy atom. The van der Waals surface area contributed by atoms with Gasteiger partial charge in [-0.05, 0) is 6.07 Å². The number of rotatable bonds is 5. The summed E-state index contributed by atoms with van der Waals surface area (Å²) in [6, 6.07) is 2.11. The van der Waals surface area contributed by atoms with Crippen molar-refractivity contribution in [1.82, 2.24) is 34.8 Å². The van der Waals surface area contributed by atoms with E-state index >= 15 is 0 Å². The van der Waals surface area contributed by atoms with Crippen LogP contribution in [0.5, 0.6) is 0 Å². The molecule has 1 aliphatic rings. The van der Waals surface area contributed by atoms with Crippen LogP contribution in [-0.2, 0) is 32.5 Å². The Hall–Kier alpha value is -2.48. The van der Waals surface area contributed by atoms with Crippen LogP contribution in [0.25, 0.3) is 11.5 Å². The number of imidazole rings is 1. The molecule has 0 radical (unpaired) electrons. The van der Waals surface area contributed by atoms with Crippen molar-refractivity contribution in [1.29, 1.82) is 0 Å². The van der Waals surface area contributed by atoms with Gasteiger partial charge in [0.1, 0.15) is 5.69 Å². The van der Waals surface area contributed by atoms with Crippen LogP contribution in [0.1, 0.15) is 24.3 Å². The first-order valence-electron chi connectivity index (χ1n) is 7.94. The standard InChI is InChI=1S/C15H19N7O/c1-2-14-18-13(20-23-14)3-6-21-7-5-17-15(21)12-9-11-10-16-4-8-22(11)19-12/h5,7,9,16H,2-4,6,8,10H2,1H3. The second kappa shape index (κ2) is 5.96. The van der Waals surface area contributed by atoms with Gasteiger partial charge in [-0.15, -0.1) is 0 Å². The molecule has 0 saturated carbocycles. The fourth-order valence-electron chi connectivity index (χ4n) is 2.78. The summed E-state index contributed by atoms with van der Waals surface area (Å²) in [6.45, 7) is 5.47. The lowest BCUT2D eigenvalue weighted by molar-refractivity contribution is 0.375. The molecule has 8 heteroatoms. The highest BCUT2D eigenvalue weighted by Gasteiger charge is 2.16. The van der Waals surface area contributed by atoms with Crippen LogP contribution in [-0.4, -0.2) is 36.0 Å². The highest BCUT2D eigenvalue weighted by Crippen LogP contribution is 2.19. The SMILES string of the molecule is CCc1nc(CCn2ccnc2-c2cc3n(n2)CCNC3)no1. The second-order valence-electron chi connectivity index (χ2n) is 5.57. The largest absolute Gasteiger partial charge is 0.339 e. The molecule has 4 rings (SSSR count). The first kappa shape index (κ1) is 14.1. The Morgan fingerprint density at radius 3 is 3.17 bits per heavy atom. The van der Waals surface area contributed by atoms with Gasteiger partial charge in [0.25, 0.3) is 0 Å². The Bertz CT molecular complexity index is 777. The molecule has 0 aromatic carbocycles. The monoisotopic (exact) mass is 313 g/mol. The van der Waals surface area contributed by atoms with Gasteiger partial charge in [0.15, 0.2) is 11.6 Å². The van der Waals surface area contributed by atoms with Crippen LogP contribution in [0, 0.1) is 0 Å². The zero-order valence-electron chi connectivity index (χ0n) is 13.1. The molecule has 0 saturated heterocycles. The zero-order chi connectivity index (χ0) is 15.6. The predicted molar refractivity (Wildman–Crippen MR) is 82.5 cm³/mol. The molecular formula is C15H19N7O. The average Bonchev–Trinajstić information content (AvgIpc) is 3.30. The van der Waals surface area contributed by atoms with Crippen molar-refractivity contribution in [2.45, 2.75) is 39.4 Å². The molecule has 0 amide bonds. The van der Waals surface area contributed by atoms with E-state index in [2.05, 4.69) is 40.9 Å². The fraction of sp³-hybridized carbons (Fsp3) is 0.467. The van der Waals surface area contributed by atoms with Gasteiger partial charge in [0.05, 0.1) is 12.2 Å². The topological polar surface area (TPSA) is 86.6 Å². The minimum atomic E-state index is 0.681. The van der Waals surface area contributed by atoms with E-state index in [1.54, 1.807) is 6.20 Å². The molecule has 0 unspecified atom stereocenters. The van der Waals surface area contributed by atoms with E-state index in [9.17, 15) is 0 Å². The molecule has 1 aliphatic heterocycles. The van der Waals surface area contributed by atoms with E-state index in [1.165, 1.54) is 5.69 Å². The van der Waals surface area contributed by atoms with Gasteiger partial charge in [-0.2, -0.15) is 10.1 Å². The molecule has 0 bridgehead atoms. The summed E-state index contributed by atoms with van der Waals surface area (Å²) < 4.78 is 9.29. The van der Waals surface area contributed by atoms with Crippen molar-refractivity contribution in [3.05, 3.63) is 35.9 Å². The third-order valence-corrected chi connectivity index (χ3v) is 4.00. The van der Waals surface area contributed by atoms with Crippen molar-refractivity contribution < 1.29 is 4.52 Å². The molecule has 23 heavy (non-hydrogen) atoms. The molecule has 3 aromatic rings. The van der Waals surface area contributed by atoms with Crippen molar-refractivity contribution in [2.75, 3.05) is 6.54 Å². The van der Waals surface area contributed by atoms with Crippen LogP contribution >= 0.6 is 0 Å². The Kier molecular flexibility index (Phi) is 3.66. The number of hydrogen-bond donors (Lipinski definition) is 1. The molecule has 0 atom stereocenters. The third kappa shape index (κ3) is 2.77. The van der Waals surface area contributed by atoms with Crippen LogP contribution in [0.3, 0.4) is 0 Å². The third-order valence-electron chi connectivity index (χ3n) is 4.00. The van der Waals surface area contributed by atoms with Gasteiger partial charge >= 0.3 is 0 Å². The summed E-state index contributed by atoms with van der Waals surface area (Å²) in [5, 5.41) is 12.0. The molecular weight excluding hydrogens is 294 g/mol. The normalized spacial score (nSPS) is 14.1. The molecule has 4 heterocycles. The highest BCUT2D eigenvalue weighted by atomic mass is 16.5. The number of aromatic nitrogens is 6. The van der Waals surface area contributed by atoms with E-state index < -0.39 is 0 Å². The maximum absolute atomic E-state index is 5.15. The number of nitrogens with one attached hydrogen (secondary N) is 1. The van der Waals surface area contributed by atoms with Crippen LogP contribution in [0.15, 0.2) is 23.0 Å². The quantitative estimate of drug-likeness (QED) is 0.757. The molecule has 0 spiro atoms. The van der Waals surface area contributed by atoms with E-state index in [0.717, 1.165) is 49.9 Å². The number of fused-ring (bicyclic) bond motifs is 1.